The lowest BCUT2D eigenvalue weighted by Crippen LogP contribution is -2.55. The zero-order valence-electron chi connectivity index (χ0n) is 21.4. The quantitative estimate of drug-likeness (QED) is 0.587. The van der Waals surface area contributed by atoms with Crippen LogP contribution in [0.4, 0.5) is 17.6 Å². The molecule has 38 heavy (non-hydrogen) atoms. The Balaban J connectivity index is 1.17. The molecule has 0 aliphatic carbocycles. The molecule has 4 aliphatic rings. The Bertz CT molecular complexity index is 1010. The number of benzene rings is 1. The summed E-state index contributed by atoms with van der Waals surface area (Å²) in [6.07, 6.45) is -0.275. The largest absolute Gasteiger partial charge is 0.487 e. The summed E-state index contributed by atoms with van der Waals surface area (Å²) in [5.74, 6) is -1.65. The molecule has 0 radical (unpaired) electrons. The van der Waals surface area contributed by atoms with Gasteiger partial charge in [0.05, 0.1) is 6.04 Å². The number of alkyl halides is 3. The third-order valence-electron chi connectivity index (χ3n) is 8.59. The van der Waals surface area contributed by atoms with Crippen molar-refractivity contribution in [3.63, 3.8) is 0 Å². The average Bonchev–Trinajstić information content (AvgIpc) is 2.90. The van der Waals surface area contributed by atoms with Gasteiger partial charge in [-0.3, -0.25) is 9.59 Å². The molecule has 1 atom stereocenters. The molecular weight excluding hydrogens is 506 g/mol. The normalized spacial score (nSPS) is 25.1. The fraction of sp³-hybridized carbons (Fsp3) is 0.704. The van der Waals surface area contributed by atoms with E-state index < -0.39 is 29.5 Å². The first kappa shape index (κ1) is 27.2. The molecule has 0 aromatic heterocycles. The number of amides is 2. The minimum absolute atomic E-state index is 0.0233. The van der Waals surface area contributed by atoms with E-state index >= 15 is 0 Å². The maximum Gasteiger partial charge on any atom is 0.471 e. The highest BCUT2D eigenvalue weighted by Crippen LogP contribution is 2.45. The van der Waals surface area contributed by atoms with E-state index in [0.29, 0.717) is 31.8 Å². The van der Waals surface area contributed by atoms with E-state index in [0.717, 1.165) is 64.6 Å². The predicted molar refractivity (Wildman–Crippen MR) is 130 cm³/mol. The molecule has 5 rings (SSSR count). The van der Waals surface area contributed by atoms with Gasteiger partial charge in [0.2, 0.25) is 5.91 Å². The van der Waals surface area contributed by atoms with E-state index in [-0.39, 0.29) is 29.6 Å². The summed E-state index contributed by atoms with van der Waals surface area (Å²) < 4.78 is 64.5. The van der Waals surface area contributed by atoms with E-state index in [9.17, 15) is 27.2 Å². The third-order valence-corrected chi connectivity index (χ3v) is 8.59. The van der Waals surface area contributed by atoms with Crippen LogP contribution in [-0.4, -0.2) is 79.3 Å². The fourth-order valence-electron chi connectivity index (χ4n) is 6.37. The number of carbonyl (C=O) groups excluding carboxylic acids is 2. The number of fused-ring (bicyclic) bond motifs is 1. The number of piperidine rings is 2. The molecular formula is C27H35F4N3O4. The van der Waals surface area contributed by atoms with Crippen LogP contribution in [-0.2, 0) is 14.3 Å². The topological polar surface area (TPSA) is 71.1 Å². The molecule has 1 aromatic rings. The van der Waals surface area contributed by atoms with Crippen LogP contribution in [0.1, 0.15) is 56.6 Å². The molecule has 1 aromatic carbocycles. The highest BCUT2D eigenvalue weighted by atomic mass is 19.4. The van der Waals surface area contributed by atoms with Crippen molar-refractivity contribution in [1.29, 1.82) is 0 Å². The van der Waals surface area contributed by atoms with Gasteiger partial charge < -0.3 is 24.6 Å². The predicted octanol–water partition coefficient (Wildman–Crippen LogP) is 3.83. The summed E-state index contributed by atoms with van der Waals surface area (Å²) in [5.41, 5.74) is -0.641. The van der Waals surface area contributed by atoms with Gasteiger partial charge in [-0.25, -0.2) is 4.39 Å². The van der Waals surface area contributed by atoms with Crippen molar-refractivity contribution in [2.45, 2.75) is 62.8 Å². The molecule has 1 spiro atoms. The maximum atomic E-state index is 13.9. The Morgan fingerprint density at radius 3 is 2.37 bits per heavy atom. The first-order valence-electron chi connectivity index (χ1n) is 13.6. The van der Waals surface area contributed by atoms with Crippen LogP contribution >= 0.6 is 0 Å². The number of ether oxygens (including phenoxy) is 2. The standard InChI is InChI=1S/C27H35F4N3O4/c28-20-1-2-23-21(15-20)22(32-25(36)27(29,30)31)16-26(38-23)7-11-34(12-8-26)24(35)19-3-9-33(10-4-19)17-18-5-13-37-14-6-18/h1-2,15,18-19,22H,3-14,16-17H2,(H,32,36). The SMILES string of the molecule is O=C(C1CCN(CC2CCOCC2)CC1)N1CCC2(CC1)CC(NC(=O)C(F)(F)F)c1cc(F)ccc1O2. The van der Waals surface area contributed by atoms with Crippen LogP contribution in [0.25, 0.3) is 0 Å². The van der Waals surface area contributed by atoms with Crippen molar-refractivity contribution in [2.24, 2.45) is 11.8 Å². The van der Waals surface area contributed by atoms with Gasteiger partial charge in [0.1, 0.15) is 17.2 Å². The summed E-state index contributed by atoms with van der Waals surface area (Å²) in [6.45, 7) is 5.39. The lowest BCUT2D eigenvalue weighted by atomic mass is 9.80. The van der Waals surface area contributed by atoms with Crippen molar-refractivity contribution < 1.29 is 36.6 Å². The van der Waals surface area contributed by atoms with Gasteiger partial charge in [0.15, 0.2) is 0 Å². The zero-order chi connectivity index (χ0) is 26.9. The Morgan fingerprint density at radius 1 is 1.03 bits per heavy atom. The third kappa shape index (κ3) is 6.09. The molecule has 210 valence electrons. The summed E-state index contributed by atoms with van der Waals surface area (Å²) in [6, 6.07) is 2.65. The van der Waals surface area contributed by atoms with Crippen molar-refractivity contribution >= 4 is 11.8 Å². The maximum absolute atomic E-state index is 13.9. The van der Waals surface area contributed by atoms with Gasteiger partial charge in [-0.05, 0) is 62.9 Å². The number of carbonyl (C=O) groups is 2. The van der Waals surface area contributed by atoms with Crippen molar-refractivity contribution in [3.8, 4) is 5.75 Å². The van der Waals surface area contributed by atoms with Crippen LogP contribution in [0.5, 0.6) is 5.75 Å². The second-order valence-corrected chi connectivity index (χ2v) is 11.2. The summed E-state index contributed by atoms with van der Waals surface area (Å²) in [5, 5.41) is 2.03. The fourth-order valence-corrected chi connectivity index (χ4v) is 6.37. The van der Waals surface area contributed by atoms with Gasteiger partial charge in [0, 0.05) is 63.6 Å². The minimum atomic E-state index is -5.05. The molecule has 1 unspecified atom stereocenters. The smallest absolute Gasteiger partial charge is 0.471 e. The summed E-state index contributed by atoms with van der Waals surface area (Å²) in [7, 11) is 0. The number of hydrogen-bond acceptors (Lipinski definition) is 5. The van der Waals surface area contributed by atoms with Gasteiger partial charge in [-0.2, -0.15) is 13.2 Å². The highest BCUT2D eigenvalue weighted by Gasteiger charge is 2.47. The molecule has 3 fully saturated rings. The molecule has 11 heteroatoms. The highest BCUT2D eigenvalue weighted by molar-refractivity contribution is 5.82. The Hall–Kier alpha value is -2.40. The van der Waals surface area contributed by atoms with E-state index in [4.69, 9.17) is 9.47 Å². The van der Waals surface area contributed by atoms with Gasteiger partial charge in [0.25, 0.3) is 0 Å². The Kier molecular flexibility index (Phi) is 7.86. The van der Waals surface area contributed by atoms with E-state index in [1.54, 1.807) is 0 Å². The van der Waals surface area contributed by atoms with Gasteiger partial charge >= 0.3 is 12.1 Å². The summed E-state index contributed by atoms with van der Waals surface area (Å²) in [4.78, 5) is 29.3. The van der Waals surface area contributed by atoms with Crippen LogP contribution in [0.3, 0.4) is 0 Å². The molecule has 0 saturated carbocycles. The van der Waals surface area contributed by atoms with E-state index in [1.165, 1.54) is 12.1 Å². The lowest BCUT2D eigenvalue weighted by molar-refractivity contribution is -0.175. The van der Waals surface area contributed by atoms with Crippen LogP contribution < -0.4 is 10.1 Å². The number of rotatable bonds is 4. The molecule has 0 bridgehead atoms. The molecule has 4 aliphatic heterocycles. The number of nitrogens with one attached hydrogen (secondary N) is 1. The van der Waals surface area contributed by atoms with Crippen molar-refractivity contribution in [3.05, 3.63) is 29.6 Å². The number of hydrogen-bond donors (Lipinski definition) is 1. The first-order valence-corrected chi connectivity index (χ1v) is 13.6. The first-order chi connectivity index (χ1) is 18.1. The van der Waals surface area contributed by atoms with Crippen LogP contribution in [0.15, 0.2) is 18.2 Å². The van der Waals surface area contributed by atoms with Crippen molar-refractivity contribution in [2.75, 3.05) is 45.9 Å². The lowest BCUT2D eigenvalue weighted by Gasteiger charge is -2.47. The Labute approximate surface area is 219 Å². The van der Waals surface area contributed by atoms with E-state index in [2.05, 4.69) is 4.90 Å². The summed E-state index contributed by atoms with van der Waals surface area (Å²) >= 11 is 0. The monoisotopic (exact) mass is 541 g/mol. The minimum Gasteiger partial charge on any atom is -0.487 e. The van der Waals surface area contributed by atoms with E-state index in [1.807, 2.05) is 10.2 Å². The van der Waals surface area contributed by atoms with Gasteiger partial charge in [-0.1, -0.05) is 0 Å². The molecule has 3 saturated heterocycles. The molecule has 7 nitrogen and oxygen atoms in total. The second kappa shape index (κ2) is 11.0. The number of nitrogens with zero attached hydrogens (tertiary/aromatic N) is 2. The molecule has 1 N–H and O–H groups in total. The molecule has 4 heterocycles. The van der Waals surface area contributed by atoms with Gasteiger partial charge in [-0.15, -0.1) is 0 Å². The zero-order valence-corrected chi connectivity index (χ0v) is 21.4. The Morgan fingerprint density at radius 2 is 1.71 bits per heavy atom. The van der Waals surface area contributed by atoms with Crippen molar-refractivity contribution in [1.82, 2.24) is 15.1 Å². The average molecular weight is 542 g/mol. The number of halogens is 4. The second-order valence-electron chi connectivity index (χ2n) is 11.2. The van der Waals surface area contributed by atoms with Crippen LogP contribution in [0.2, 0.25) is 0 Å². The molecule has 2 amide bonds. The van der Waals surface area contributed by atoms with Crippen LogP contribution in [0, 0.1) is 17.7 Å². The number of likely N-dealkylation sites (tertiary alicyclic amines) is 2.